The van der Waals surface area contributed by atoms with Gasteiger partial charge in [0.1, 0.15) is 16.5 Å². The van der Waals surface area contributed by atoms with E-state index < -0.39 is 0 Å². The van der Waals surface area contributed by atoms with E-state index in [2.05, 4.69) is 5.32 Å². The fraction of sp³-hybridized carbons (Fsp3) is 0.182. The van der Waals surface area contributed by atoms with Gasteiger partial charge in [0.15, 0.2) is 5.82 Å². The maximum Gasteiger partial charge on any atom is 0.163 e. The van der Waals surface area contributed by atoms with Gasteiger partial charge in [0, 0.05) is 16.1 Å². The zero-order valence-electron chi connectivity index (χ0n) is 14.7. The predicted molar refractivity (Wildman–Crippen MR) is 109 cm³/mol. The summed E-state index contributed by atoms with van der Waals surface area (Å²) in [4.78, 5) is 12.2. The van der Waals surface area contributed by atoms with Gasteiger partial charge in [-0.2, -0.15) is 0 Å². The van der Waals surface area contributed by atoms with Gasteiger partial charge in [-0.25, -0.2) is 14.4 Å². The highest BCUT2D eigenvalue weighted by Gasteiger charge is 2.21. The lowest BCUT2D eigenvalue weighted by Gasteiger charge is -2.13. The molecule has 0 bridgehead atoms. The van der Waals surface area contributed by atoms with Crippen LogP contribution in [0.5, 0.6) is 0 Å². The third kappa shape index (κ3) is 3.08. The van der Waals surface area contributed by atoms with Crippen LogP contribution >= 0.6 is 11.3 Å². The molecule has 2 aromatic heterocycles. The van der Waals surface area contributed by atoms with Gasteiger partial charge >= 0.3 is 0 Å². The first kappa shape index (κ1) is 16.4. The highest BCUT2D eigenvalue weighted by molar-refractivity contribution is 7.19. The van der Waals surface area contributed by atoms with Crippen LogP contribution in [-0.4, -0.2) is 9.97 Å². The lowest BCUT2D eigenvalue weighted by atomic mass is 9.97. The molecule has 0 atom stereocenters. The summed E-state index contributed by atoms with van der Waals surface area (Å²) in [6, 6.07) is 16.4. The maximum absolute atomic E-state index is 13.3. The molecule has 4 aromatic rings. The molecule has 1 aliphatic rings. The van der Waals surface area contributed by atoms with Crippen molar-refractivity contribution in [1.82, 2.24) is 9.97 Å². The molecular weight excluding hydrogens is 357 g/mol. The van der Waals surface area contributed by atoms with Gasteiger partial charge in [-0.05, 0) is 55.5 Å². The number of anilines is 2. The minimum atomic E-state index is -0.244. The number of rotatable bonds is 3. The summed E-state index contributed by atoms with van der Waals surface area (Å²) in [5.41, 5.74) is 3.20. The van der Waals surface area contributed by atoms with Crippen molar-refractivity contribution >= 4 is 33.1 Å². The van der Waals surface area contributed by atoms with Crippen molar-refractivity contribution in [3.05, 3.63) is 70.9 Å². The smallest absolute Gasteiger partial charge is 0.163 e. The van der Waals surface area contributed by atoms with Crippen LogP contribution in [0.25, 0.3) is 21.6 Å². The number of thiophene rings is 1. The Bertz CT molecular complexity index is 1100. The van der Waals surface area contributed by atoms with Gasteiger partial charge in [0.25, 0.3) is 0 Å². The summed E-state index contributed by atoms with van der Waals surface area (Å²) in [7, 11) is 0. The zero-order valence-corrected chi connectivity index (χ0v) is 15.5. The molecule has 134 valence electrons. The molecule has 1 N–H and O–H groups in total. The van der Waals surface area contributed by atoms with Crippen molar-refractivity contribution in [2.75, 3.05) is 5.32 Å². The molecule has 27 heavy (non-hydrogen) atoms. The molecule has 1 aliphatic carbocycles. The molecule has 0 unspecified atom stereocenters. The monoisotopic (exact) mass is 375 g/mol. The highest BCUT2D eigenvalue weighted by atomic mass is 32.1. The van der Waals surface area contributed by atoms with Crippen molar-refractivity contribution < 1.29 is 4.39 Å². The number of nitrogens with one attached hydrogen (secondary N) is 1. The van der Waals surface area contributed by atoms with E-state index in [1.807, 2.05) is 30.3 Å². The summed E-state index contributed by atoms with van der Waals surface area (Å²) in [6.07, 6.45) is 4.63. The summed E-state index contributed by atoms with van der Waals surface area (Å²) < 4.78 is 13.3. The van der Waals surface area contributed by atoms with Crippen LogP contribution in [-0.2, 0) is 12.8 Å². The van der Waals surface area contributed by atoms with E-state index in [9.17, 15) is 4.39 Å². The maximum atomic E-state index is 13.3. The number of hydrogen-bond acceptors (Lipinski definition) is 4. The van der Waals surface area contributed by atoms with E-state index in [1.165, 1.54) is 35.4 Å². The van der Waals surface area contributed by atoms with E-state index in [0.29, 0.717) is 5.82 Å². The third-order valence-electron chi connectivity index (χ3n) is 4.95. The van der Waals surface area contributed by atoms with E-state index >= 15 is 0 Å². The van der Waals surface area contributed by atoms with E-state index in [4.69, 9.17) is 9.97 Å². The Hall–Kier alpha value is -2.79. The Morgan fingerprint density at radius 3 is 2.48 bits per heavy atom. The lowest BCUT2D eigenvalue weighted by Crippen LogP contribution is -2.02. The molecule has 0 fully saturated rings. The summed E-state index contributed by atoms with van der Waals surface area (Å²) in [5, 5.41) is 4.53. The second kappa shape index (κ2) is 6.74. The molecule has 0 radical (unpaired) electrons. The molecule has 5 rings (SSSR count). The minimum absolute atomic E-state index is 0.244. The van der Waals surface area contributed by atoms with Crippen molar-refractivity contribution in [3.63, 3.8) is 0 Å². The predicted octanol–water partition coefficient (Wildman–Crippen LogP) is 6.12. The Morgan fingerprint density at radius 2 is 1.67 bits per heavy atom. The average molecular weight is 375 g/mol. The van der Waals surface area contributed by atoms with Crippen LogP contribution in [0.1, 0.15) is 23.3 Å². The van der Waals surface area contributed by atoms with Crippen LogP contribution in [0.4, 0.5) is 15.9 Å². The van der Waals surface area contributed by atoms with Crippen LogP contribution in [0.2, 0.25) is 0 Å². The van der Waals surface area contributed by atoms with Crippen molar-refractivity contribution in [3.8, 4) is 11.4 Å². The van der Waals surface area contributed by atoms with Gasteiger partial charge in [0.2, 0.25) is 0 Å². The second-order valence-corrected chi connectivity index (χ2v) is 7.87. The van der Waals surface area contributed by atoms with E-state index in [0.717, 1.165) is 40.1 Å². The van der Waals surface area contributed by atoms with Crippen LogP contribution in [0.15, 0.2) is 54.6 Å². The number of halogens is 1. The molecule has 5 heteroatoms. The fourth-order valence-corrected chi connectivity index (χ4v) is 4.90. The van der Waals surface area contributed by atoms with E-state index in [-0.39, 0.29) is 5.82 Å². The summed E-state index contributed by atoms with van der Waals surface area (Å²) >= 11 is 1.78. The standard InChI is InChI=1S/C22H18FN3S/c23-15-10-12-16(13-11-15)24-21-19-17-8-4-5-9-18(17)27-22(19)26-20(25-21)14-6-2-1-3-7-14/h1-3,6-7,10-13H,4-5,8-9H2,(H,24,25,26). The molecule has 2 aromatic carbocycles. The molecular formula is C22H18FN3S. The molecule has 0 spiro atoms. The molecule has 0 aliphatic heterocycles. The quantitative estimate of drug-likeness (QED) is 0.469. The Kier molecular flexibility index (Phi) is 4.09. The fourth-order valence-electron chi connectivity index (χ4n) is 3.63. The minimum Gasteiger partial charge on any atom is -0.340 e. The number of aryl methyl sites for hydroxylation is 2. The van der Waals surface area contributed by atoms with Crippen molar-refractivity contribution in [2.45, 2.75) is 25.7 Å². The SMILES string of the molecule is Fc1ccc(Nc2nc(-c3ccccc3)nc3sc4c(c23)CCCC4)cc1. The van der Waals surface area contributed by atoms with Crippen LogP contribution < -0.4 is 5.32 Å². The van der Waals surface area contributed by atoms with Crippen LogP contribution in [0.3, 0.4) is 0 Å². The molecule has 0 amide bonds. The average Bonchev–Trinajstić information content (AvgIpc) is 3.09. The highest BCUT2D eigenvalue weighted by Crippen LogP contribution is 2.40. The van der Waals surface area contributed by atoms with Gasteiger partial charge in [-0.15, -0.1) is 11.3 Å². The molecule has 0 saturated heterocycles. The van der Waals surface area contributed by atoms with Gasteiger partial charge in [0.05, 0.1) is 5.39 Å². The van der Waals surface area contributed by atoms with Gasteiger partial charge < -0.3 is 5.32 Å². The summed E-state index contributed by atoms with van der Waals surface area (Å²) in [5.74, 6) is 1.28. The number of hydrogen-bond donors (Lipinski definition) is 1. The topological polar surface area (TPSA) is 37.8 Å². The summed E-state index contributed by atoms with van der Waals surface area (Å²) in [6.45, 7) is 0. The zero-order chi connectivity index (χ0) is 18.2. The Morgan fingerprint density at radius 1 is 0.889 bits per heavy atom. The first-order valence-electron chi connectivity index (χ1n) is 9.18. The first-order valence-corrected chi connectivity index (χ1v) is 10.00. The molecule has 0 saturated carbocycles. The molecule has 3 nitrogen and oxygen atoms in total. The molecule has 2 heterocycles. The van der Waals surface area contributed by atoms with Crippen molar-refractivity contribution in [1.29, 1.82) is 0 Å². The Balaban J connectivity index is 1.69. The van der Waals surface area contributed by atoms with Gasteiger partial charge in [-0.1, -0.05) is 30.3 Å². The van der Waals surface area contributed by atoms with E-state index in [1.54, 1.807) is 23.5 Å². The normalized spacial score (nSPS) is 13.5. The van der Waals surface area contributed by atoms with Gasteiger partial charge in [-0.3, -0.25) is 0 Å². The number of nitrogens with zero attached hydrogens (tertiary/aromatic N) is 2. The Labute approximate surface area is 160 Å². The number of fused-ring (bicyclic) bond motifs is 3. The first-order chi connectivity index (χ1) is 13.3. The number of benzene rings is 2. The lowest BCUT2D eigenvalue weighted by molar-refractivity contribution is 0.628. The van der Waals surface area contributed by atoms with Crippen LogP contribution in [0, 0.1) is 5.82 Å². The third-order valence-corrected chi connectivity index (χ3v) is 6.14. The largest absolute Gasteiger partial charge is 0.340 e. The number of aromatic nitrogens is 2. The van der Waals surface area contributed by atoms with Crippen molar-refractivity contribution in [2.24, 2.45) is 0 Å². The second-order valence-electron chi connectivity index (χ2n) is 6.78.